The van der Waals surface area contributed by atoms with Gasteiger partial charge in [0.15, 0.2) is 0 Å². The van der Waals surface area contributed by atoms with Crippen LogP contribution in [0.3, 0.4) is 0 Å². The average Bonchev–Trinajstić information content (AvgIpc) is 3.03. The maximum absolute atomic E-state index is 12.8. The van der Waals surface area contributed by atoms with Crippen LogP contribution in [0.25, 0.3) is 0 Å². The normalized spacial score (nSPS) is 19.3. The van der Waals surface area contributed by atoms with Crippen molar-refractivity contribution < 1.29 is 9.59 Å². The number of hydrogen-bond acceptors (Lipinski definition) is 2. The monoisotopic (exact) mass is 348 g/mol. The van der Waals surface area contributed by atoms with Gasteiger partial charge in [0.25, 0.3) is 0 Å². The number of carbonyl (C=O) groups is 2. The minimum absolute atomic E-state index is 0.0344. The number of aryl methyl sites for hydroxylation is 1. The van der Waals surface area contributed by atoms with Gasteiger partial charge in [-0.05, 0) is 48.4 Å². The molecule has 0 aromatic heterocycles. The van der Waals surface area contributed by atoms with E-state index in [0.717, 1.165) is 24.1 Å². The lowest BCUT2D eigenvalue weighted by molar-refractivity contribution is -0.128. The number of fused-ring (bicyclic) bond motifs is 1. The van der Waals surface area contributed by atoms with Crippen LogP contribution in [0.2, 0.25) is 0 Å². The van der Waals surface area contributed by atoms with E-state index in [1.807, 2.05) is 42.5 Å². The fourth-order valence-corrected chi connectivity index (χ4v) is 4.04. The fourth-order valence-electron chi connectivity index (χ4n) is 4.04. The Kier molecular flexibility index (Phi) is 4.74. The lowest BCUT2D eigenvalue weighted by atomic mass is 9.90. The molecule has 26 heavy (non-hydrogen) atoms. The van der Waals surface area contributed by atoms with Gasteiger partial charge in [0.1, 0.15) is 0 Å². The second-order valence-electron chi connectivity index (χ2n) is 7.30. The first kappa shape index (κ1) is 16.8. The molecule has 1 heterocycles. The molecule has 2 aromatic rings. The Morgan fingerprint density at radius 3 is 2.69 bits per heavy atom. The molecular weight excluding hydrogens is 324 g/mol. The molecule has 0 unspecified atom stereocenters. The molecule has 4 heteroatoms. The number of nitrogens with zero attached hydrogens (tertiary/aromatic N) is 1. The van der Waals surface area contributed by atoms with Crippen LogP contribution < -0.4 is 5.32 Å². The van der Waals surface area contributed by atoms with Crippen molar-refractivity contribution in [1.29, 1.82) is 0 Å². The number of hydrogen-bond donors (Lipinski definition) is 1. The smallest absolute Gasteiger partial charge is 0.229 e. The van der Waals surface area contributed by atoms with E-state index in [-0.39, 0.29) is 17.7 Å². The summed E-state index contributed by atoms with van der Waals surface area (Å²) in [4.78, 5) is 26.9. The van der Waals surface area contributed by atoms with Gasteiger partial charge >= 0.3 is 0 Å². The number of rotatable bonds is 4. The van der Waals surface area contributed by atoms with Crippen molar-refractivity contribution >= 4 is 17.5 Å². The van der Waals surface area contributed by atoms with Gasteiger partial charge in [0, 0.05) is 25.2 Å². The summed E-state index contributed by atoms with van der Waals surface area (Å²) in [6, 6.07) is 16.1. The van der Waals surface area contributed by atoms with Crippen molar-refractivity contribution in [2.75, 3.05) is 11.9 Å². The molecular formula is C22H24N2O2. The van der Waals surface area contributed by atoms with E-state index in [2.05, 4.69) is 11.4 Å². The van der Waals surface area contributed by atoms with Gasteiger partial charge < -0.3 is 10.2 Å². The highest BCUT2D eigenvalue weighted by molar-refractivity contribution is 5.97. The number of carbonyl (C=O) groups excluding carboxylic acids is 2. The van der Waals surface area contributed by atoms with Crippen LogP contribution in [0.5, 0.6) is 0 Å². The lowest BCUT2D eigenvalue weighted by Gasteiger charge is -2.21. The molecule has 0 bridgehead atoms. The van der Waals surface area contributed by atoms with E-state index >= 15 is 0 Å². The summed E-state index contributed by atoms with van der Waals surface area (Å²) in [5.74, 6) is -0.248. The van der Waals surface area contributed by atoms with Crippen LogP contribution in [0.1, 0.15) is 36.0 Å². The highest BCUT2D eigenvalue weighted by Crippen LogP contribution is 2.29. The number of anilines is 1. The molecule has 0 saturated carbocycles. The standard InChI is InChI=1S/C22H24N2O2/c25-21-13-18(15-24(21)14-16-7-2-1-3-8-16)22(26)23-20-12-6-10-17-9-4-5-11-19(17)20/h1-3,6-8,10,12,18H,4-5,9,11,13-15H2,(H,23,26)/t18-/m1/s1. The highest BCUT2D eigenvalue weighted by atomic mass is 16.2. The summed E-state index contributed by atoms with van der Waals surface area (Å²) in [6.07, 6.45) is 4.80. The molecule has 134 valence electrons. The zero-order valence-electron chi connectivity index (χ0n) is 14.9. The predicted octanol–water partition coefficient (Wildman–Crippen LogP) is 3.55. The molecule has 0 spiro atoms. The minimum atomic E-state index is -0.273. The minimum Gasteiger partial charge on any atom is -0.338 e. The number of benzene rings is 2. The van der Waals surface area contributed by atoms with Crippen molar-refractivity contribution in [2.45, 2.75) is 38.6 Å². The molecule has 4 rings (SSSR count). The molecule has 1 N–H and O–H groups in total. The molecule has 1 aliphatic heterocycles. The third-order valence-corrected chi connectivity index (χ3v) is 5.46. The predicted molar refractivity (Wildman–Crippen MR) is 102 cm³/mol. The molecule has 2 aromatic carbocycles. The fraction of sp³-hybridized carbons (Fsp3) is 0.364. The van der Waals surface area contributed by atoms with Crippen molar-refractivity contribution in [3.05, 3.63) is 65.2 Å². The maximum atomic E-state index is 12.8. The maximum Gasteiger partial charge on any atom is 0.229 e. The zero-order valence-corrected chi connectivity index (χ0v) is 14.9. The number of likely N-dealkylation sites (tertiary alicyclic amines) is 1. The van der Waals surface area contributed by atoms with Crippen LogP contribution in [0.15, 0.2) is 48.5 Å². The van der Waals surface area contributed by atoms with E-state index in [1.165, 1.54) is 24.0 Å². The first-order chi connectivity index (χ1) is 12.7. The Morgan fingerprint density at radius 1 is 1.04 bits per heavy atom. The zero-order chi connectivity index (χ0) is 17.9. The van der Waals surface area contributed by atoms with E-state index < -0.39 is 0 Å². The summed E-state index contributed by atoms with van der Waals surface area (Å²) in [6.45, 7) is 1.07. The summed E-state index contributed by atoms with van der Waals surface area (Å²) in [5, 5.41) is 3.10. The van der Waals surface area contributed by atoms with E-state index in [4.69, 9.17) is 0 Å². The average molecular weight is 348 g/mol. The van der Waals surface area contributed by atoms with Crippen LogP contribution in [-0.2, 0) is 29.0 Å². The summed E-state index contributed by atoms with van der Waals surface area (Å²) >= 11 is 0. The Morgan fingerprint density at radius 2 is 1.85 bits per heavy atom. The second-order valence-corrected chi connectivity index (χ2v) is 7.30. The summed E-state index contributed by atoms with van der Waals surface area (Å²) in [5.41, 5.74) is 4.65. The second kappa shape index (κ2) is 7.32. The molecule has 2 aliphatic rings. The number of amides is 2. The SMILES string of the molecule is O=C(Nc1cccc2c1CCCC2)[C@@H]1CC(=O)N(Cc2ccccc2)C1. The third-order valence-electron chi connectivity index (χ3n) is 5.46. The van der Waals surface area contributed by atoms with Gasteiger partial charge in [-0.2, -0.15) is 0 Å². The van der Waals surface area contributed by atoms with Gasteiger partial charge in [-0.15, -0.1) is 0 Å². The van der Waals surface area contributed by atoms with Gasteiger partial charge in [-0.3, -0.25) is 9.59 Å². The van der Waals surface area contributed by atoms with Crippen molar-refractivity contribution in [3.8, 4) is 0 Å². The molecule has 1 aliphatic carbocycles. The van der Waals surface area contributed by atoms with Crippen molar-refractivity contribution in [2.24, 2.45) is 5.92 Å². The first-order valence-electron chi connectivity index (χ1n) is 9.44. The third kappa shape index (κ3) is 3.50. The Balaban J connectivity index is 1.42. The van der Waals surface area contributed by atoms with Crippen LogP contribution in [0, 0.1) is 5.92 Å². The molecule has 2 amide bonds. The molecule has 1 atom stereocenters. The number of nitrogens with one attached hydrogen (secondary N) is 1. The topological polar surface area (TPSA) is 49.4 Å². The van der Waals surface area contributed by atoms with Crippen LogP contribution in [0.4, 0.5) is 5.69 Å². The van der Waals surface area contributed by atoms with E-state index in [0.29, 0.717) is 19.5 Å². The van der Waals surface area contributed by atoms with Gasteiger partial charge in [-0.1, -0.05) is 42.5 Å². The Labute approximate surface area is 154 Å². The van der Waals surface area contributed by atoms with Crippen molar-refractivity contribution in [1.82, 2.24) is 4.90 Å². The highest BCUT2D eigenvalue weighted by Gasteiger charge is 2.34. The van der Waals surface area contributed by atoms with E-state index in [9.17, 15) is 9.59 Å². The van der Waals surface area contributed by atoms with Gasteiger partial charge in [0.2, 0.25) is 11.8 Å². The summed E-state index contributed by atoms with van der Waals surface area (Å²) in [7, 11) is 0. The van der Waals surface area contributed by atoms with E-state index in [1.54, 1.807) is 4.90 Å². The van der Waals surface area contributed by atoms with Crippen LogP contribution >= 0.6 is 0 Å². The van der Waals surface area contributed by atoms with Crippen molar-refractivity contribution in [3.63, 3.8) is 0 Å². The van der Waals surface area contributed by atoms with Gasteiger partial charge in [-0.25, -0.2) is 0 Å². The molecule has 1 saturated heterocycles. The lowest BCUT2D eigenvalue weighted by Crippen LogP contribution is -2.28. The summed E-state index contributed by atoms with van der Waals surface area (Å²) < 4.78 is 0. The molecule has 1 fully saturated rings. The first-order valence-corrected chi connectivity index (χ1v) is 9.44. The Hall–Kier alpha value is -2.62. The molecule has 0 radical (unpaired) electrons. The quantitative estimate of drug-likeness (QED) is 0.918. The molecule has 4 nitrogen and oxygen atoms in total. The van der Waals surface area contributed by atoms with Gasteiger partial charge in [0.05, 0.1) is 5.92 Å². The largest absolute Gasteiger partial charge is 0.338 e. The Bertz CT molecular complexity index is 816. The van der Waals surface area contributed by atoms with Crippen LogP contribution in [-0.4, -0.2) is 23.3 Å².